The SMILES string of the molecule is C[C@H](NC(=O)c1snc(-c2ccccn2)c1NC(=O)C1CC1)c1ccc(F)cc1. The highest BCUT2D eigenvalue weighted by atomic mass is 32.1. The molecule has 1 aromatic carbocycles. The molecule has 0 aliphatic heterocycles. The number of amides is 2. The maximum Gasteiger partial charge on any atom is 0.265 e. The maximum absolute atomic E-state index is 13.1. The molecule has 2 heterocycles. The van der Waals surface area contributed by atoms with Gasteiger partial charge in [0, 0.05) is 12.1 Å². The van der Waals surface area contributed by atoms with Crippen LogP contribution in [-0.2, 0) is 4.79 Å². The largest absolute Gasteiger partial charge is 0.345 e. The minimum Gasteiger partial charge on any atom is -0.345 e. The van der Waals surface area contributed by atoms with Gasteiger partial charge in [-0.3, -0.25) is 14.6 Å². The Kier molecular flexibility index (Phi) is 5.35. The van der Waals surface area contributed by atoms with Gasteiger partial charge in [-0.05, 0) is 61.1 Å². The minimum atomic E-state index is -0.354. The van der Waals surface area contributed by atoms with E-state index < -0.39 is 0 Å². The molecule has 2 aromatic heterocycles. The minimum absolute atomic E-state index is 0.0134. The molecule has 1 atom stereocenters. The second-order valence-corrected chi connectivity index (χ2v) is 7.73. The Morgan fingerprint density at radius 3 is 2.59 bits per heavy atom. The smallest absolute Gasteiger partial charge is 0.265 e. The molecule has 2 amide bonds. The highest BCUT2D eigenvalue weighted by Gasteiger charge is 2.32. The van der Waals surface area contributed by atoms with Gasteiger partial charge in [-0.25, -0.2) is 4.39 Å². The Morgan fingerprint density at radius 1 is 1.17 bits per heavy atom. The summed E-state index contributed by atoms with van der Waals surface area (Å²) in [6.07, 6.45) is 3.34. The summed E-state index contributed by atoms with van der Waals surface area (Å²) in [5.41, 5.74) is 2.22. The first kappa shape index (κ1) is 19.2. The highest BCUT2D eigenvalue weighted by Crippen LogP contribution is 2.36. The van der Waals surface area contributed by atoms with Gasteiger partial charge in [0.25, 0.3) is 5.91 Å². The summed E-state index contributed by atoms with van der Waals surface area (Å²) in [4.78, 5) is 29.9. The Balaban J connectivity index is 1.61. The number of anilines is 1. The van der Waals surface area contributed by atoms with Crippen LogP contribution in [-0.4, -0.2) is 21.2 Å². The van der Waals surface area contributed by atoms with E-state index in [9.17, 15) is 14.0 Å². The molecular formula is C21H19FN4O2S. The van der Waals surface area contributed by atoms with Crippen LogP contribution >= 0.6 is 11.5 Å². The van der Waals surface area contributed by atoms with Crippen molar-refractivity contribution in [2.75, 3.05) is 5.32 Å². The molecule has 3 aromatic rings. The molecule has 148 valence electrons. The molecule has 0 spiro atoms. The fraction of sp³-hybridized carbons (Fsp3) is 0.238. The molecule has 1 aliphatic rings. The van der Waals surface area contributed by atoms with E-state index in [2.05, 4.69) is 20.0 Å². The zero-order chi connectivity index (χ0) is 20.4. The molecule has 0 radical (unpaired) electrons. The van der Waals surface area contributed by atoms with Gasteiger partial charge in [0.2, 0.25) is 5.91 Å². The molecule has 0 unspecified atom stereocenters. The van der Waals surface area contributed by atoms with Gasteiger partial charge in [0.1, 0.15) is 16.4 Å². The molecule has 1 fully saturated rings. The van der Waals surface area contributed by atoms with Crippen molar-refractivity contribution in [3.63, 3.8) is 0 Å². The van der Waals surface area contributed by atoms with Gasteiger partial charge in [0.15, 0.2) is 0 Å². The van der Waals surface area contributed by atoms with Crippen LogP contribution in [0.2, 0.25) is 0 Å². The average Bonchev–Trinajstić information content (AvgIpc) is 3.50. The summed E-state index contributed by atoms with van der Waals surface area (Å²) in [6.45, 7) is 1.81. The monoisotopic (exact) mass is 410 g/mol. The molecule has 1 saturated carbocycles. The van der Waals surface area contributed by atoms with Crippen molar-refractivity contribution < 1.29 is 14.0 Å². The van der Waals surface area contributed by atoms with Gasteiger partial charge in [-0.2, -0.15) is 4.37 Å². The zero-order valence-electron chi connectivity index (χ0n) is 15.7. The number of hydrogen-bond acceptors (Lipinski definition) is 5. The highest BCUT2D eigenvalue weighted by molar-refractivity contribution is 7.09. The van der Waals surface area contributed by atoms with Crippen LogP contribution in [0.1, 0.15) is 41.0 Å². The van der Waals surface area contributed by atoms with Gasteiger partial charge in [-0.1, -0.05) is 18.2 Å². The van der Waals surface area contributed by atoms with E-state index >= 15 is 0 Å². The van der Waals surface area contributed by atoms with E-state index in [1.807, 2.05) is 13.0 Å². The van der Waals surface area contributed by atoms with Gasteiger partial charge < -0.3 is 10.6 Å². The third-order valence-electron chi connectivity index (χ3n) is 4.72. The number of benzene rings is 1. The topological polar surface area (TPSA) is 84.0 Å². The van der Waals surface area contributed by atoms with Crippen molar-refractivity contribution in [3.05, 3.63) is 64.9 Å². The van der Waals surface area contributed by atoms with Crippen LogP contribution in [0.15, 0.2) is 48.7 Å². The first-order valence-electron chi connectivity index (χ1n) is 9.31. The lowest BCUT2D eigenvalue weighted by Gasteiger charge is -2.14. The van der Waals surface area contributed by atoms with Crippen molar-refractivity contribution in [1.29, 1.82) is 0 Å². The summed E-state index contributed by atoms with van der Waals surface area (Å²) in [5.74, 6) is -0.809. The number of nitrogens with one attached hydrogen (secondary N) is 2. The fourth-order valence-electron chi connectivity index (χ4n) is 2.91. The van der Waals surface area contributed by atoms with Crippen molar-refractivity contribution in [1.82, 2.24) is 14.7 Å². The number of carbonyl (C=O) groups excluding carboxylic acids is 2. The quantitative estimate of drug-likeness (QED) is 0.638. The molecule has 0 bridgehead atoms. The third-order valence-corrected chi connectivity index (χ3v) is 5.57. The lowest BCUT2D eigenvalue weighted by molar-refractivity contribution is -0.117. The molecule has 6 nitrogen and oxygen atoms in total. The first-order chi connectivity index (χ1) is 14.0. The number of halogens is 1. The van der Waals surface area contributed by atoms with E-state index in [-0.39, 0.29) is 29.6 Å². The number of aromatic nitrogens is 2. The van der Waals surface area contributed by atoms with Crippen LogP contribution in [0.25, 0.3) is 11.4 Å². The maximum atomic E-state index is 13.1. The number of rotatable bonds is 6. The van der Waals surface area contributed by atoms with Crippen LogP contribution in [0.5, 0.6) is 0 Å². The van der Waals surface area contributed by atoms with Crippen molar-refractivity contribution in [2.24, 2.45) is 5.92 Å². The van der Waals surface area contributed by atoms with E-state index in [0.29, 0.717) is 22.0 Å². The lowest BCUT2D eigenvalue weighted by atomic mass is 10.1. The second-order valence-electron chi connectivity index (χ2n) is 6.96. The first-order valence-corrected chi connectivity index (χ1v) is 10.1. The number of nitrogens with zero attached hydrogens (tertiary/aromatic N) is 2. The number of hydrogen-bond donors (Lipinski definition) is 2. The van der Waals surface area contributed by atoms with Crippen molar-refractivity contribution >= 4 is 29.0 Å². The van der Waals surface area contributed by atoms with Crippen LogP contribution in [0.3, 0.4) is 0 Å². The summed E-state index contributed by atoms with van der Waals surface area (Å²) in [7, 11) is 0. The molecule has 4 rings (SSSR count). The normalized spacial score (nSPS) is 14.3. The molecule has 1 aliphatic carbocycles. The molecule has 0 saturated heterocycles. The number of carbonyl (C=O) groups is 2. The van der Waals surface area contributed by atoms with Crippen LogP contribution < -0.4 is 10.6 Å². The van der Waals surface area contributed by atoms with Crippen molar-refractivity contribution in [3.8, 4) is 11.4 Å². The second kappa shape index (κ2) is 8.08. The lowest BCUT2D eigenvalue weighted by Crippen LogP contribution is -2.27. The van der Waals surface area contributed by atoms with Crippen molar-refractivity contribution in [2.45, 2.75) is 25.8 Å². The summed E-state index contributed by atoms with van der Waals surface area (Å²) in [5, 5.41) is 5.77. The Hall–Kier alpha value is -3.13. The molecular weight excluding hydrogens is 391 g/mol. The third kappa shape index (κ3) is 4.32. The van der Waals surface area contributed by atoms with Gasteiger partial charge in [0.05, 0.1) is 17.4 Å². The zero-order valence-corrected chi connectivity index (χ0v) is 16.5. The van der Waals surface area contributed by atoms with E-state index in [0.717, 1.165) is 29.9 Å². The predicted octanol–water partition coefficient (Wildman–Crippen LogP) is 4.18. The summed E-state index contributed by atoms with van der Waals surface area (Å²) in [6, 6.07) is 11.0. The fourth-order valence-corrected chi connectivity index (χ4v) is 3.65. The van der Waals surface area contributed by atoms with E-state index in [1.54, 1.807) is 30.5 Å². The summed E-state index contributed by atoms with van der Waals surface area (Å²) < 4.78 is 17.5. The average molecular weight is 410 g/mol. The van der Waals surface area contributed by atoms with E-state index in [1.165, 1.54) is 12.1 Å². The Labute approximate surface area is 171 Å². The van der Waals surface area contributed by atoms with E-state index in [4.69, 9.17) is 0 Å². The molecule has 2 N–H and O–H groups in total. The number of pyridine rings is 1. The Morgan fingerprint density at radius 2 is 1.93 bits per heavy atom. The van der Waals surface area contributed by atoms with Crippen LogP contribution in [0, 0.1) is 11.7 Å². The standard InChI is InChI=1S/C21H19FN4O2S/c1-12(13-7-9-15(22)10-8-13)24-21(28)19-18(25-20(27)14-5-6-14)17(26-29-19)16-4-2-3-11-23-16/h2-4,7-12,14H,5-6H2,1H3,(H,24,28)(H,25,27)/t12-/m0/s1. The predicted molar refractivity (Wildman–Crippen MR) is 109 cm³/mol. The van der Waals surface area contributed by atoms with Gasteiger partial charge in [-0.15, -0.1) is 0 Å². The molecule has 8 heteroatoms. The molecule has 29 heavy (non-hydrogen) atoms. The Bertz CT molecular complexity index is 1030. The van der Waals surface area contributed by atoms with Gasteiger partial charge >= 0.3 is 0 Å². The summed E-state index contributed by atoms with van der Waals surface area (Å²) >= 11 is 1.02. The van der Waals surface area contributed by atoms with Crippen LogP contribution in [0.4, 0.5) is 10.1 Å².